The molecular weight excluding hydrogens is 273 g/mol. The van der Waals surface area contributed by atoms with Crippen molar-refractivity contribution in [3.8, 4) is 0 Å². The lowest BCUT2D eigenvalue weighted by Crippen LogP contribution is -2.40. The van der Waals surface area contributed by atoms with Crippen molar-refractivity contribution in [2.75, 3.05) is 13.1 Å². The summed E-state index contributed by atoms with van der Waals surface area (Å²) in [6.45, 7) is 4.81. The first-order valence-corrected chi connectivity index (χ1v) is 7.77. The maximum atomic E-state index is 13.6. The van der Waals surface area contributed by atoms with Crippen LogP contribution in [0.15, 0.2) is 29.9 Å². The average Bonchev–Trinajstić information content (AvgIpc) is 2.99. The maximum absolute atomic E-state index is 13.6. The fourth-order valence-electron chi connectivity index (χ4n) is 2.69. The van der Waals surface area contributed by atoms with Gasteiger partial charge in [0.15, 0.2) is 0 Å². The van der Waals surface area contributed by atoms with Crippen LogP contribution in [-0.4, -0.2) is 28.0 Å². The molecule has 3 heterocycles. The Hall–Kier alpha value is -1.33. The molecular formula is C15H18FN3S. The summed E-state index contributed by atoms with van der Waals surface area (Å²) in [6, 6.07) is 3.11. The molecule has 3 rings (SSSR count). The molecule has 0 spiro atoms. The third-order valence-corrected chi connectivity index (χ3v) is 5.20. The van der Waals surface area contributed by atoms with Crippen LogP contribution in [0.1, 0.15) is 30.5 Å². The number of hydrogen-bond acceptors (Lipinski definition) is 4. The first-order valence-electron chi connectivity index (χ1n) is 6.89. The lowest BCUT2D eigenvalue weighted by atomic mass is 9.81. The molecule has 0 bridgehead atoms. The van der Waals surface area contributed by atoms with Crippen molar-refractivity contribution in [2.24, 2.45) is 0 Å². The smallest absolute Gasteiger partial charge is 0.146 e. The van der Waals surface area contributed by atoms with Crippen molar-refractivity contribution >= 4 is 11.3 Å². The molecule has 1 fully saturated rings. The maximum Gasteiger partial charge on any atom is 0.146 e. The summed E-state index contributed by atoms with van der Waals surface area (Å²) in [5.41, 5.74) is 0.721. The summed E-state index contributed by atoms with van der Waals surface area (Å²) in [7, 11) is 0. The highest BCUT2D eigenvalue weighted by atomic mass is 32.1. The average molecular weight is 291 g/mol. The van der Waals surface area contributed by atoms with Crippen molar-refractivity contribution in [2.45, 2.75) is 31.7 Å². The number of rotatable bonds is 3. The van der Waals surface area contributed by atoms with Crippen LogP contribution in [0.2, 0.25) is 0 Å². The third-order valence-electron chi connectivity index (χ3n) is 4.12. The highest BCUT2D eigenvalue weighted by Gasteiger charge is 2.33. The Labute approximate surface area is 122 Å². The summed E-state index contributed by atoms with van der Waals surface area (Å²) in [4.78, 5) is 10.9. The number of likely N-dealkylation sites (tertiary alicyclic amines) is 1. The molecule has 1 aliphatic rings. The number of thiazole rings is 1. The molecule has 106 valence electrons. The van der Waals surface area contributed by atoms with Crippen LogP contribution < -0.4 is 0 Å². The molecule has 0 N–H and O–H groups in total. The number of aromatic nitrogens is 2. The summed E-state index contributed by atoms with van der Waals surface area (Å²) >= 11 is 1.73. The largest absolute Gasteiger partial charge is 0.297 e. The Balaban J connectivity index is 1.63. The summed E-state index contributed by atoms with van der Waals surface area (Å²) in [5.74, 6) is -0.208. The monoisotopic (exact) mass is 291 g/mol. The minimum absolute atomic E-state index is 0.174. The molecule has 3 nitrogen and oxygen atoms in total. The molecule has 0 amide bonds. The quantitative estimate of drug-likeness (QED) is 0.869. The molecule has 2 aromatic rings. The van der Waals surface area contributed by atoms with E-state index in [1.807, 2.05) is 11.6 Å². The van der Waals surface area contributed by atoms with Crippen molar-refractivity contribution < 1.29 is 4.39 Å². The number of piperidine rings is 1. The second-order valence-electron chi connectivity index (χ2n) is 5.61. The molecule has 0 unspecified atom stereocenters. The molecule has 0 atom stereocenters. The van der Waals surface area contributed by atoms with E-state index in [2.05, 4.69) is 21.8 Å². The number of pyridine rings is 1. The van der Waals surface area contributed by atoms with E-state index in [1.165, 1.54) is 11.1 Å². The van der Waals surface area contributed by atoms with Crippen molar-refractivity contribution in [1.82, 2.24) is 14.9 Å². The van der Waals surface area contributed by atoms with Gasteiger partial charge in [0.25, 0.3) is 0 Å². The number of halogens is 1. The van der Waals surface area contributed by atoms with Crippen molar-refractivity contribution in [3.05, 3.63) is 46.4 Å². The van der Waals surface area contributed by atoms with Gasteiger partial charge in [0, 0.05) is 29.7 Å². The lowest BCUT2D eigenvalue weighted by Gasteiger charge is -2.38. The zero-order valence-corrected chi connectivity index (χ0v) is 12.4. The van der Waals surface area contributed by atoms with E-state index < -0.39 is 0 Å². The Bertz CT molecular complexity index is 562. The van der Waals surface area contributed by atoms with Crippen LogP contribution in [0.5, 0.6) is 0 Å². The van der Waals surface area contributed by atoms with Crippen LogP contribution in [0.25, 0.3) is 0 Å². The standard InChI is InChI=1S/C15H18FN3S/c1-15(14-18-7-10-20-14)4-8-19(9-5-15)11-13-12(16)3-2-6-17-13/h2-3,6-7,10H,4-5,8-9,11H2,1H3. The highest BCUT2D eigenvalue weighted by Crippen LogP contribution is 2.36. The van der Waals surface area contributed by atoms with Crippen LogP contribution in [0.4, 0.5) is 4.39 Å². The Morgan fingerprint density at radius 1 is 1.30 bits per heavy atom. The minimum atomic E-state index is -0.208. The summed E-state index contributed by atoms with van der Waals surface area (Å²) < 4.78 is 13.6. The van der Waals surface area contributed by atoms with E-state index in [-0.39, 0.29) is 11.2 Å². The van der Waals surface area contributed by atoms with Gasteiger partial charge >= 0.3 is 0 Å². The first-order chi connectivity index (χ1) is 9.67. The normalized spacial score (nSPS) is 19.1. The van der Waals surface area contributed by atoms with Gasteiger partial charge in [-0.3, -0.25) is 9.88 Å². The van der Waals surface area contributed by atoms with Gasteiger partial charge in [-0.15, -0.1) is 11.3 Å². The van der Waals surface area contributed by atoms with Gasteiger partial charge in [0.1, 0.15) is 5.82 Å². The molecule has 2 aromatic heterocycles. The molecule has 5 heteroatoms. The van der Waals surface area contributed by atoms with E-state index in [1.54, 1.807) is 23.6 Å². The zero-order valence-electron chi connectivity index (χ0n) is 11.6. The van der Waals surface area contributed by atoms with Crippen LogP contribution >= 0.6 is 11.3 Å². The molecule has 0 aliphatic carbocycles. The van der Waals surface area contributed by atoms with Gasteiger partial charge in [0.2, 0.25) is 0 Å². The molecule has 0 aromatic carbocycles. The lowest BCUT2D eigenvalue weighted by molar-refractivity contribution is 0.158. The van der Waals surface area contributed by atoms with Crippen LogP contribution in [0.3, 0.4) is 0 Å². The van der Waals surface area contributed by atoms with Crippen molar-refractivity contribution in [1.29, 1.82) is 0 Å². The van der Waals surface area contributed by atoms with Gasteiger partial charge in [-0.2, -0.15) is 0 Å². The third kappa shape index (κ3) is 2.74. The first kappa shape index (κ1) is 13.6. The molecule has 1 saturated heterocycles. The molecule has 20 heavy (non-hydrogen) atoms. The van der Waals surface area contributed by atoms with Gasteiger partial charge in [-0.1, -0.05) is 6.92 Å². The van der Waals surface area contributed by atoms with Crippen molar-refractivity contribution in [3.63, 3.8) is 0 Å². The Morgan fingerprint density at radius 3 is 2.75 bits per heavy atom. The minimum Gasteiger partial charge on any atom is -0.297 e. The summed E-state index contributed by atoms with van der Waals surface area (Å²) in [6.07, 6.45) is 5.66. The second-order valence-corrected chi connectivity index (χ2v) is 6.50. The van der Waals surface area contributed by atoms with Gasteiger partial charge < -0.3 is 0 Å². The fourth-order valence-corrected chi connectivity index (χ4v) is 3.55. The predicted octanol–water partition coefficient (Wildman–Crippen LogP) is 3.23. The zero-order chi connectivity index (χ0) is 14.0. The Morgan fingerprint density at radius 2 is 2.10 bits per heavy atom. The van der Waals surface area contributed by atoms with E-state index in [0.29, 0.717) is 12.2 Å². The fraction of sp³-hybridized carbons (Fsp3) is 0.467. The second kappa shape index (κ2) is 5.58. The Kier molecular flexibility index (Phi) is 3.81. The van der Waals surface area contributed by atoms with Crippen LogP contribution in [0, 0.1) is 5.82 Å². The van der Waals surface area contributed by atoms with E-state index in [0.717, 1.165) is 25.9 Å². The van der Waals surface area contributed by atoms with E-state index >= 15 is 0 Å². The van der Waals surface area contributed by atoms with Gasteiger partial charge in [-0.05, 0) is 38.1 Å². The number of hydrogen-bond donors (Lipinski definition) is 0. The predicted molar refractivity (Wildman–Crippen MR) is 78.2 cm³/mol. The molecule has 0 saturated carbocycles. The molecule has 0 radical (unpaired) electrons. The number of nitrogens with zero attached hydrogens (tertiary/aromatic N) is 3. The van der Waals surface area contributed by atoms with Gasteiger partial charge in [-0.25, -0.2) is 9.37 Å². The van der Waals surface area contributed by atoms with E-state index in [9.17, 15) is 4.39 Å². The summed E-state index contributed by atoms with van der Waals surface area (Å²) in [5, 5.41) is 3.26. The SMILES string of the molecule is CC1(c2nccs2)CCN(Cc2ncccc2F)CC1. The topological polar surface area (TPSA) is 29.0 Å². The van der Waals surface area contributed by atoms with Crippen LogP contribution in [-0.2, 0) is 12.0 Å². The highest BCUT2D eigenvalue weighted by molar-refractivity contribution is 7.09. The van der Waals surface area contributed by atoms with Gasteiger partial charge in [0.05, 0.1) is 10.7 Å². The van der Waals surface area contributed by atoms with E-state index in [4.69, 9.17) is 0 Å². The molecule has 1 aliphatic heterocycles.